The highest BCUT2D eigenvalue weighted by Crippen LogP contribution is 2.35. The third kappa shape index (κ3) is 4.20. The summed E-state index contributed by atoms with van der Waals surface area (Å²) in [4.78, 5) is 27.0. The average molecular weight is 443 g/mol. The van der Waals surface area contributed by atoms with Gasteiger partial charge in [0.2, 0.25) is 5.43 Å². The molecule has 0 aliphatic carbocycles. The first-order chi connectivity index (χ1) is 15.4. The minimum atomic E-state index is -0.454. The number of ether oxygens (including phenoxy) is 2. The molecule has 0 atom stereocenters. The van der Waals surface area contributed by atoms with Crippen LogP contribution in [0, 0.1) is 10.1 Å². The predicted molar refractivity (Wildman–Crippen MR) is 127 cm³/mol. The fourth-order valence-electron chi connectivity index (χ4n) is 4.06. The topological polar surface area (TPSA) is 98.9 Å². The van der Waals surface area contributed by atoms with Crippen LogP contribution in [-0.2, 0) is 6.54 Å². The summed E-state index contributed by atoms with van der Waals surface area (Å²) in [5.41, 5.74) is 1.24. The van der Waals surface area contributed by atoms with Crippen LogP contribution >= 0.6 is 0 Å². The smallest absolute Gasteiger partial charge is 0.293 e. The van der Waals surface area contributed by atoms with Crippen molar-refractivity contribution >= 4 is 33.2 Å². The van der Waals surface area contributed by atoms with E-state index in [-0.39, 0.29) is 16.5 Å². The molecule has 0 spiro atoms. The number of rotatable bonds is 10. The van der Waals surface area contributed by atoms with Crippen molar-refractivity contribution in [3.63, 3.8) is 0 Å². The second-order valence-corrected chi connectivity index (χ2v) is 7.39. The minimum absolute atomic E-state index is 0.122. The van der Waals surface area contributed by atoms with Gasteiger partial charge in [0, 0.05) is 37.8 Å². The van der Waals surface area contributed by atoms with Crippen molar-refractivity contribution in [2.45, 2.75) is 27.3 Å². The van der Waals surface area contributed by atoms with Gasteiger partial charge in [-0.25, -0.2) is 0 Å². The normalized spacial score (nSPS) is 11.3. The molecule has 2 aromatic carbocycles. The molecule has 172 valence electrons. The molecule has 0 aliphatic heterocycles. The quantitative estimate of drug-likeness (QED) is 0.289. The molecule has 9 nitrogen and oxygen atoms in total. The van der Waals surface area contributed by atoms with Crippen LogP contribution in [-0.4, -0.2) is 54.8 Å². The number of nitro groups is 1. The van der Waals surface area contributed by atoms with Crippen molar-refractivity contribution in [2.75, 3.05) is 45.7 Å². The molecule has 1 heterocycles. The zero-order chi connectivity index (χ0) is 23.4. The van der Waals surface area contributed by atoms with E-state index in [4.69, 9.17) is 9.47 Å². The van der Waals surface area contributed by atoms with Crippen molar-refractivity contribution in [2.24, 2.45) is 0 Å². The van der Waals surface area contributed by atoms with Crippen LogP contribution < -0.4 is 20.2 Å². The van der Waals surface area contributed by atoms with Gasteiger partial charge in [0.05, 0.1) is 40.9 Å². The largest absolute Gasteiger partial charge is 0.497 e. The first kappa shape index (κ1) is 23.3. The number of likely N-dealkylation sites (N-methyl/N-ethyl adjacent to an activating group) is 1. The van der Waals surface area contributed by atoms with E-state index in [1.165, 1.54) is 13.2 Å². The van der Waals surface area contributed by atoms with Gasteiger partial charge in [-0.15, -0.1) is 0 Å². The molecule has 0 bridgehead atoms. The number of benzene rings is 2. The Kier molecular flexibility index (Phi) is 7.19. The average Bonchev–Trinajstić information content (AvgIpc) is 2.80. The van der Waals surface area contributed by atoms with Gasteiger partial charge in [0.1, 0.15) is 17.2 Å². The summed E-state index contributed by atoms with van der Waals surface area (Å²) in [6, 6.07) is 6.50. The zero-order valence-corrected chi connectivity index (χ0v) is 19.2. The van der Waals surface area contributed by atoms with Crippen LogP contribution in [0.4, 0.5) is 11.4 Å². The van der Waals surface area contributed by atoms with Crippen LogP contribution in [0.3, 0.4) is 0 Å². The number of fused-ring (bicyclic) bond motifs is 2. The Labute approximate surface area is 186 Å². The Hall–Kier alpha value is -3.33. The highest BCUT2D eigenvalue weighted by atomic mass is 16.6. The predicted octanol–water partition coefficient (Wildman–Crippen LogP) is 3.85. The second-order valence-electron chi connectivity index (χ2n) is 7.39. The fourth-order valence-corrected chi connectivity index (χ4v) is 4.06. The maximum atomic E-state index is 13.4. The molecular formula is C23H30N4O5. The van der Waals surface area contributed by atoms with E-state index < -0.39 is 4.92 Å². The Morgan fingerprint density at radius 3 is 2.34 bits per heavy atom. The van der Waals surface area contributed by atoms with E-state index in [2.05, 4.69) is 24.1 Å². The van der Waals surface area contributed by atoms with Gasteiger partial charge >= 0.3 is 0 Å². The number of aryl methyl sites for hydroxylation is 1. The Bertz CT molecular complexity index is 1200. The van der Waals surface area contributed by atoms with Crippen LogP contribution in [0.5, 0.6) is 11.5 Å². The standard InChI is InChI=1S/C23H30N4O5/c1-6-25(7-2)10-9-24-17-14-18-16(13-19(17)27(29)30)23(28)22-20(26(18)8-3)11-15(31-4)12-21(22)32-5/h11-14,24H,6-10H2,1-5H3. The van der Waals surface area contributed by atoms with E-state index in [1.807, 2.05) is 11.5 Å². The molecule has 0 saturated heterocycles. The third-order valence-electron chi connectivity index (χ3n) is 5.83. The summed E-state index contributed by atoms with van der Waals surface area (Å²) >= 11 is 0. The van der Waals surface area contributed by atoms with E-state index in [0.29, 0.717) is 46.7 Å². The maximum absolute atomic E-state index is 13.4. The number of hydrogen-bond acceptors (Lipinski definition) is 7. The monoisotopic (exact) mass is 442 g/mol. The molecule has 32 heavy (non-hydrogen) atoms. The van der Waals surface area contributed by atoms with Crippen LogP contribution in [0.1, 0.15) is 20.8 Å². The van der Waals surface area contributed by atoms with E-state index in [1.54, 1.807) is 25.3 Å². The van der Waals surface area contributed by atoms with Gasteiger partial charge in [0.25, 0.3) is 5.69 Å². The maximum Gasteiger partial charge on any atom is 0.293 e. The molecule has 3 rings (SSSR count). The van der Waals surface area contributed by atoms with Gasteiger partial charge in [-0.3, -0.25) is 14.9 Å². The molecule has 0 saturated carbocycles. The van der Waals surface area contributed by atoms with Crippen LogP contribution in [0.15, 0.2) is 29.1 Å². The number of aromatic nitrogens is 1. The lowest BCUT2D eigenvalue weighted by Crippen LogP contribution is -2.28. The van der Waals surface area contributed by atoms with Gasteiger partial charge < -0.3 is 24.3 Å². The van der Waals surface area contributed by atoms with E-state index >= 15 is 0 Å². The number of nitro benzene ring substituents is 1. The number of anilines is 1. The number of methoxy groups -OCH3 is 2. The summed E-state index contributed by atoms with van der Waals surface area (Å²) in [6.45, 7) is 9.80. The molecule has 1 N–H and O–H groups in total. The zero-order valence-electron chi connectivity index (χ0n) is 19.2. The summed E-state index contributed by atoms with van der Waals surface area (Å²) < 4.78 is 12.8. The van der Waals surface area contributed by atoms with Crippen molar-refractivity contribution in [1.29, 1.82) is 0 Å². The van der Waals surface area contributed by atoms with Crippen molar-refractivity contribution in [3.8, 4) is 11.5 Å². The fraction of sp³-hybridized carbons (Fsp3) is 0.435. The summed E-state index contributed by atoms with van der Waals surface area (Å²) in [5, 5.41) is 15.7. The van der Waals surface area contributed by atoms with Crippen LogP contribution in [0.25, 0.3) is 21.8 Å². The SMILES string of the molecule is CCN(CC)CCNc1cc2c(cc1[N+](=O)[O-])c(=O)c1c(OC)cc(OC)cc1n2CC. The molecule has 0 amide bonds. The second kappa shape index (κ2) is 9.86. The molecule has 1 aromatic heterocycles. The first-order valence-electron chi connectivity index (χ1n) is 10.8. The van der Waals surface area contributed by atoms with Crippen molar-refractivity contribution < 1.29 is 14.4 Å². The third-order valence-corrected chi connectivity index (χ3v) is 5.83. The summed E-state index contributed by atoms with van der Waals surface area (Å²) in [6.07, 6.45) is 0. The number of hydrogen-bond donors (Lipinski definition) is 1. The summed E-state index contributed by atoms with van der Waals surface area (Å²) in [7, 11) is 3.04. The lowest BCUT2D eigenvalue weighted by molar-refractivity contribution is -0.383. The first-order valence-corrected chi connectivity index (χ1v) is 10.8. The highest BCUT2D eigenvalue weighted by Gasteiger charge is 2.22. The summed E-state index contributed by atoms with van der Waals surface area (Å²) in [5.74, 6) is 0.937. The van der Waals surface area contributed by atoms with E-state index in [0.717, 1.165) is 19.6 Å². The number of pyridine rings is 1. The highest BCUT2D eigenvalue weighted by molar-refractivity contribution is 5.99. The van der Waals surface area contributed by atoms with Gasteiger partial charge in [0.15, 0.2) is 0 Å². The van der Waals surface area contributed by atoms with Crippen molar-refractivity contribution in [1.82, 2.24) is 9.47 Å². The number of nitrogens with one attached hydrogen (secondary N) is 1. The number of nitrogens with zero attached hydrogens (tertiary/aromatic N) is 3. The van der Waals surface area contributed by atoms with Crippen LogP contribution in [0.2, 0.25) is 0 Å². The Balaban J connectivity index is 2.27. The lowest BCUT2D eigenvalue weighted by Gasteiger charge is -2.19. The van der Waals surface area contributed by atoms with Gasteiger partial charge in [-0.2, -0.15) is 0 Å². The van der Waals surface area contributed by atoms with E-state index in [9.17, 15) is 14.9 Å². The molecule has 3 aromatic rings. The molecular weight excluding hydrogens is 412 g/mol. The van der Waals surface area contributed by atoms with Gasteiger partial charge in [-0.1, -0.05) is 13.8 Å². The molecule has 0 fully saturated rings. The lowest BCUT2D eigenvalue weighted by atomic mass is 10.1. The molecule has 0 unspecified atom stereocenters. The molecule has 9 heteroatoms. The molecule has 0 aliphatic rings. The Morgan fingerprint density at radius 1 is 1.06 bits per heavy atom. The molecule has 0 radical (unpaired) electrons. The van der Waals surface area contributed by atoms with Crippen molar-refractivity contribution in [3.05, 3.63) is 44.6 Å². The Morgan fingerprint density at radius 2 is 1.78 bits per heavy atom. The van der Waals surface area contributed by atoms with Gasteiger partial charge in [-0.05, 0) is 26.1 Å². The minimum Gasteiger partial charge on any atom is -0.497 e.